The molecule has 1 unspecified atom stereocenters. The van der Waals surface area contributed by atoms with Gasteiger partial charge in [-0.3, -0.25) is 10.1 Å². The zero-order chi connectivity index (χ0) is 20.6. The lowest BCUT2D eigenvalue weighted by Crippen LogP contribution is -2.38. The molecule has 0 spiro atoms. The molecule has 3 aromatic rings. The fourth-order valence-electron chi connectivity index (χ4n) is 3.58. The molecule has 1 aliphatic heterocycles. The number of aromatic nitrogens is 1. The summed E-state index contributed by atoms with van der Waals surface area (Å²) in [5.41, 5.74) is 0.470. The number of sulfonamides is 1. The first-order valence-corrected chi connectivity index (χ1v) is 11.4. The summed E-state index contributed by atoms with van der Waals surface area (Å²) in [6.07, 6.45) is 2.30. The Morgan fingerprint density at radius 1 is 1.24 bits per heavy atom. The van der Waals surface area contributed by atoms with E-state index in [1.54, 1.807) is 0 Å². The van der Waals surface area contributed by atoms with Gasteiger partial charge in [0, 0.05) is 12.6 Å². The minimum absolute atomic E-state index is 0.0234. The molecule has 1 aromatic heterocycles. The van der Waals surface area contributed by atoms with E-state index in [2.05, 4.69) is 4.98 Å². The smallest absolute Gasteiger partial charge is 0.312 e. The fraction of sp³-hybridized carbons (Fsp3) is 0.316. The van der Waals surface area contributed by atoms with E-state index in [0.29, 0.717) is 13.0 Å². The van der Waals surface area contributed by atoms with Crippen LogP contribution >= 0.6 is 11.3 Å². The van der Waals surface area contributed by atoms with Crippen molar-refractivity contribution in [2.45, 2.75) is 30.2 Å². The second kappa shape index (κ2) is 7.69. The lowest BCUT2D eigenvalue weighted by Gasteiger charge is -2.33. The number of methoxy groups -OCH3 is 1. The van der Waals surface area contributed by atoms with E-state index in [9.17, 15) is 18.5 Å². The summed E-state index contributed by atoms with van der Waals surface area (Å²) in [7, 11) is -2.63. The molecule has 10 heteroatoms. The number of hydrogen-bond acceptors (Lipinski definition) is 7. The maximum atomic E-state index is 13.4. The molecule has 0 amide bonds. The van der Waals surface area contributed by atoms with Crippen LogP contribution in [0.2, 0.25) is 0 Å². The first-order valence-electron chi connectivity index (χ1n) is 9.11. The van der Waals surface area contributed by atoms with Gasteiger partial charge in [-0.15, -0.1) is 11.3 Å². The Bertz CT molecular complexity index is 1140. The highest BCUT2D eigenvalue weighted by Gasteiger charge is 2.37. The van der Waals surface area contributed by atoms with Gasteiger partial charge in [-0.25, -0.2) is 13.4 Å². The third-order valence-electron chi connectivity index (χ3n) is 5.00. The largest absolute Gasteiger partial charge is 0.490 e. The van der Waals surface area contributed by atoms with E-state index in [1.807, 2.05) is 24.3 Å². The molecule has 0 N–H and O–H groups in total. The maximum Gasteiger partial charge on any atom is 0.312 e. The van der Waals surface area contributed by atoms with Gasteiger partial charge >= 0.3 is 5.69 Å². The van der Waals surface area contributed by atoms with Crippen molar-refractivity contribution in [3.05, 3.63) is 57.6 Å². The molecule has 2 heterocycles. The number of para-hydroxylation sites is 1. The molecule has 1 atom stereocenters. The highest BCUT2D eigenvalue weighted by molar-refractivity contribution is 7.89. The number of rotatable bonds is 5. The molecule has 0 bridgehead atoms. The van der Waals surface area contributed by atoms with Crippen molar-refractivity contribution in [1.29, 1.82) is 0 Å². The number of nitro benzene ring substituents is 1. The van der Waals surface area contributed by atoms with Crippen molar-refractivity contribution in [2.75, 3.05) is 13.7 Å². The summed E-state index contributed by atoms with van der Waals surface area (Å²) in [4.78, 5) is 15.2. The summed E-state index contributed by atoms with van der Waals surface area (Å²) < 4.78 is 34.2. The van der Waals surface area contributed by atoms with Crippen molar-refractivity contribution in [3.8, 4) is 5.75 Å². The second-order valence-corrected chi connectivity index (χ2v) is 9.69. The minimum atomic E-state index is -3.94. The summed E-state index contributed by atoms with van der Waals surface area (Å²) in [6, 6.07) is 11.1. The Hall–Kier alpha value is -2.56. The van der Waals surface area contributed by atoms with E-state index in [1.165, 1.54) is 34.9 Å². The Labute approximate surface area is 172 Å². The van der Waals surface area contributed by atoms with E-state index >= 15 is 0 Å². The van der Waals surface area contributed by atoms with E-state index in [4.69, 9.17) is 4.74 Å². The standard InChI is InChI=1S/C19H19N3O5S2/c1-27-17-10-9-13(12-16(17)22(23)24)29(25,26)21-11-5-4-7-15(21)19-20-14-6-2-3-8-18(14)28-19/h2-3,6,8-10,12,15H,4-5,7,11H2,1H3. The van der Waals surface area contributed by atoms with Crippen LogP contribution in [0.1, 0.15) is 30.3 Å². The molecule has 8 nitrogen and oxygen atoms in total. The van der Waals surface area contributed by atoms with Crippen LogP contribution < -0.4 is 4.74 Å². The SMILES string of the molecule is COc1ccc(S(=O)(=O)N2CCCCC2c2nc3ccccc3s2)cc1[N+](=O)[O-]. The molecule has 1 aliphatic rings. The van der Waals surface area contributed by atoms with Gasteiger partial charge in [-0.2, -0.15) is 4.31 Å². The Morgan fingerprint density at radius 2 is 2.03 bits per heavy atom. The highest BCUT2D eigenvalue weighted by atomic mass is 32.2. The van der Waals surface area contributed by atoms with Crippen LogP contribution in [0.15, 0.2) is 47.4 Å². The maximum absolute atomic E-state index is 13.4. The van der Waals surface area contributed by atoms with Gasteiger partial charge in [-0.1, -0.05) is 18.6 Å². The van der Waals surface area contributed by atoms with Gasteiger partial charge in [0.05, 0.1) is 33.2 Å². The summed E-state index contributed by atoms with van der Waals surface area (Å²) in [6.45, 7) is 0.350. The van der Waals surface area contributed by atoms with Crippen LogP contribution in [0.4, 0.5) is 5.69 Å². The number of ether oxygens (including phenoxy) is 1. The lowest BCUT2D eigenvalue weighted by atomic mass is 10.1. The lowest BCUT2D eigenvalue weighted by molar-refractivity contribution is -0.386. The van der Waals surface area contributed by atoms with Crippen molar-refractivity contribution < 1.29 is 18.1 Å². The van der Waals surface area contributed by atoms with Gasteiger partial charge in [0.1, 0.15) is 5.01 Å². The van der Waals surface area contributed by atoms with Crippen LogP contribution in [0.25, 0.3) is 10.2 Å². The fourth-order valence-corrected chi connectivity index (χ4v) is 6.44. The van der Waals surface area contributed by atoms with Crippen molar-refractivity contribution in [2.24, 2.45) is 0 Å². The number of nitro groups is 1. The quantitative estimate of drug-likeness (QED) is 0.443. The van der Waals surface area contributed by atoms with Gasteiger partial charge in [-0.05, 0) is 37.1 Å². The monoisotopic (exact) mass is 433 g/mol. The molecule has 4 rings (SSSR count). The van der Waals surface area contributed by atoms with E-state index in [0.717, 1.165) is 34.1 Å². The van der Waals surface area contributed by atoms with E-state index in [-0.39, 0.29) is 22.4 Å². The molecule has 29 heavy (non-hydrogen) atoms. The number of hydrogen-bond donors (Lipinski definition) is 0. The average molecular weight is 434 g/mol. The normalized spacial score (nSPS) is 18.0. The summed E-state index contributed by atoms with van der Waals surface area (Å²) in [5.74, 6) is 0.0234. The molecule has 0 radical (unpaired) electrons. The van der Waals surface area contributed by atoms with Gasteiger partial charge in [0.15, 0.2) is 5.75 Å². The minimum Gasteiger partial charge on any atom is -0.490 e. The number of fused-ring (bicyclic) bond motifs is 1. The number of nitrogens with zero attached hydrogens (tertiary/aromatic N) is 3. The Balaban J connectivity index is 1.76. The summed E-state index contributed by atoms with van der Waals surface area (Å²) >= 11 is 1.49. The highest BCUT2D eigenvalue weighted by Crippen LogP contribution is 2.40. The molecule has 0 aliphatic carbocycles. The van der Waals surface area contributed by atoms with Gasteiger partial charge in [0.2, 0.25) is 10.0 Å². The van der Waals surface area contributed by atoms with Crippen LogP contribution in [0.5, 0.6) is 5.75 Å². The number of benzene rings is 2. The first-order chi connectivity index (χ1) is 13.9. The number of piperidine rings is 1. The van der Waals surface area contributed by atoms with Crippen LogP contribution in [0, 0.1) is 10.1 Å². The topological polar surface area (TPSA) is 103 Å². The third-order valence-corrected chi connectivity index (χ3v) is 8.04. The predicted molar refractivity (Wildman–Crippen MR) is 110 cm³/mol. The number of thiazole rings is 1. The molecule has 0 saturated carbocycles. The van der Waals surface area contributed by atoms with Gasteiger partial charge < -0.3 is 4.74 Å². The van der Waals surface area contributed by atoms with Crippen molar-refractivity contribution >= 4 is 37.3 Å². The van der Waals surface area contributed by atoms with Crippen LogP contribution in [-0.4, -0.2) is 36.3 Å². The molecule has 1 fully saturated rings. The first kappa shape index (κ1) is 19.7. The molecule has 2 aromatic carbocycles. The van der Waals surface area contributed by atoms with Crippen molar-refractivity contribution in [3.63, 3.8) is 0 Å². The Morgan fingerprint density at radius 3 is 2.76 bits per heavy atom. The average Bonchev–Trinajstić information content (AvgIpc) is 3.17. The van der Waals surface area contributed by atoms with E-state index < -0.39 is 14.9 Å². The molecular formula is C19H19N3O5S2. The van der Waals surface area contributed by atoms with Gasteiger partial charge in [0.25, 0.3) is 0 Å². The van der Waals surface area contributed by atoms with Crippen molar-refractivity contribution in [1.82, 2.24) is 9.29 Å². The molecule has 152 valence electrons. The third kappa shape index (κ3) is 3.59. The van der Waals surface area contributed by atoms with Crippen LogP contribution in [0.3, 0.4) is 0 Å². The zero-order valence-electron chi connectivity index (χ0n) is 15.6. The zero-order valence-corrected chi connectivity index (χ0v) is 17.3. The molecular weight excluding hydrogens is 414 g/mol. The second-order valence-electron chi connectivity index (χ2n) is 6.74. The Kier molecular flexibility index (Phi) is 5.24. The summed E-state index contributed by atoms with van der Waals surface area (Å²) in [5, 5.41) is 12.1. The predicted octanol–water partition coefficient (Wildman–Crippen LogP) is 4.13. The molecule has 1 saturated heterocycles. The van der Waals surface area contributed by atoms with Crippen LogP contribution in [-0.2, 0) is 10.0 Å².